The molecule has 2 heterocycles. The number of carbonyl (C=O) groups excluding carboxylic acids is 1. The van der Waals surface area contributed by atoms with Crippen LogP contribution >= 0.6 is 0 Å². The molecule has 2 saturated heterocycles. The number of carbonyl (C=O) groups is 1. The number of benzene rings is 1. The SMILES string of the molecule is CN(C(=O)c1cc(S(=O)(=O)N(C)C)ccc1N1CCOCC1)C1CCNC1. The fourth-order valence-electron chi connectivity index (χ4n) is 3.46. The highest BCUT2D eigenvalue weighted by Crippen LogP contribution is 2.28. The highest BCUT2D eigenvalue weighted by atomic mass is 32.2. The number of rotatable bonds is 5. The maximum Gasteiger partial charge on any atom is 0.256 e. The lowest BCUT2D eigenvalue weighted by molar-refractivity contribution is 0.0743. The Morgan fingerprint density at radius 2 is 1.93 bits per heavy atom. The van der Waals surface area contributed by atoms with Gasteiger partial charge < -0.3 is 19.9 Å². The Hall–Kier alpha value is -1.68. The average molecular weight is 397 g/mol. The molecule has 1 unspecified atom stereocenters. The van der Waals surface area contributed by atoms with Crippen molar-refractivity contribution in [1.29, 1.82) is 0 Å². The van der Waals surface area contributed by atoms with Crippen molar-refractivity contribution in [3.63, 3.8) is 0 Å². The molecule has 0 radical (unpaired) electrons. The molecule has 1 atom stereocenters. The first-order chi connectivity index (χ1) is 12.8. The summed E-state index contributed by atoms with van der Waals surface area (Å²) < 4.78 is 31.7. The first kappa shape index (κ1) is 20.1. The maximum atomic E-state index is 13.3. The molecule has 27 heavy (non-hydrogen) atoms. The van der Waals surface area contributed by atoms with Crippen LogP contribution in [-0.2, 0) is 14.8 Å². The molecular weight excluding hydrogens is 368 g/mol. The van der Waals surface area contributed by atoms with Crippen LogP contribution in [0.5, 0.6) is 0 Å². The highest BCUT2D eigenvalue weighted by Gasteiger charge is 2.29. The van der Waals surface area contributed by atoms with Crippen molar-refractivity contribution in [2.75, 3.05) is 65.4 Å². The Kier molecular flexibility index (Phi) is 6.05. The van der Waals surface area contributed by atoms with Gasteiger partial charge in [0, 0.05) is 52.5 Å². The summed E-state index contributed by atoms with van der Waals surface area (Å²) in [5.41, 5.74) is 1.19. The van der Waals surface area contributed by atoms with E-state index in [-0.39, 0.29) is 16.8 Å². The van der Waals surface area contributed by atoms with Crippen molar-refractivity contribution in [1.82, 2.24) is 14.5 Å². The predicted molar refractivity (Wildman–Crippen MR) is 104 cm³/mol. The van der Waals surface area contributed by atoms with Gasteiger partial charge in [0.1, 0.15) is 0 Å². The summed E-state index contributed by atoms with van der Waals surface area (Å²) in [7, 11) is 1.15. The second-order valence-electron chi connectivity index (χ2n) is 7.13. The van der Waals surface area contributed by atoms with Crippen LogP contribution in [0.2, 0.25) is 0 Å². The Balaban J connectivity index is 2.01. The monoisotopic (exact) mass is 396 g/mol. The van der Waals surface area contributed by atoms with Crippen LogP contribution < -0.4 is 10.2 Å². The van der Waals surface area contributed by atoms with Gasteiger partial charge in [-0.25, -0.2) is 12.7 Å². The number of likely N-dealkylation sites (N-methyl/N-ethyl adjacent to an activating group) is 1. The molecule has 2 aliphatic rings. The maximum absolute atomic E-state index is 13.3. The van der Waals surface area contributed by atoms with E-state index in [4.69, 9.17) is 4.74 Å². The lowest BCUT2D eigenvalue weighted by Crippen LogP contribution is -2.41. The quantitative estimate of drug-likeness (QED) is 0.766. The van der Waals surface area contributed by atoms with E-state index >= 15 is 0 Å². The van der Waals surface area contributed by atoms with E-state index in [0.29, 0.717) is 31.9 Å². The number of morpholine rings is 1. The zero-order valence-electron chi connectivity index (χ0n) is 16.1. The van der Waals surface area contributed by atoms with Crippen molar-refractivity contribution in [3.05, 3.63) is 23.8 Å². The number of hydrogen-bond donors (Lipinski definition) is 1. The second-order valence-corrected chi connectivity index (χ2v) is 9.28. The molecule has 8 nitrogen and oxygen atoms in total. The van der Waals surface area contributed by atoms with Gasteiger partial charge in [-0.05, 0) is 31.2 Å². The summed E-state index contributed by atoms with van der Waals surface area (Å²) in [5, 5.41) is 3.26. The smallest absolute Gasteiger partial charge is 0.256 e. The Morgan fingerprint density at radius 1 is 1.22 bits per heavy atom. The Bertz CT molecular complexity index is 785. The molecule has 2 aliphatic heterocycles. The van der Waals surface area contributed by atoms with Crippen LogP contribution in [0.4, 0.5) is 5.69 Å². The van der Waals surface area contributed by atoms with Crippen LogP contribution in [0, 0.1) is 0 Å². The normalized spacial score (nSPS) is 20.9. The van der Waals surface area contributed by atoms with Crippen molar-refractivity contribution < 1.29 is 17.9 Å². The van der Waals surface area contributed by atoms with Crippen LogP contribution in [0.15, 0.2) is 23.1 Å². The van der Waals surface area contributed by atoms with E-state index < -0.39 is 10.0 Å². The Morgan fingerprint density at radius 3 is 2.52 bits per heavy atom. The highest BCUT2D eigenvalue weighted by molar-refractivity contribution is 7.89. The Labute approximate surface area is 161 Å². The largest absolute Gasteiger partial charge is 0.378 e. The fourth-order valence-corrected chi connectivity index (χ4v) is 4.39. The average Bonchev–Trinajstić information content (AvgIpc) is 3.21. The summed E-state index contributed by atoms with van der Waals surface area (Å²) in [6, 6.07) is 4.95. The lowest BCUT2D eigenvalue weighted by atomic mass is 10.1. The predicted octanol–water partition coefficient (Wildman–Crippen LogP) is 0.207. The van der Waals surface area contributed by atoms with E-state index in [1.165, 1.54) is 20.2 Å². The minimum atomic E-state index is -3.62. The molecule has 0 aliphatic carbocycles. The molecule has 0 bridgehead atoms. The van der Waals surface area contributed by atoms with Gasteiger partial charge in [0.15, 0.2) is 0 Å². The lowest BCUT2D eigenvalue weighted by Gasteiger charge is -2.32. The van der Waals surface area contributed by atoms with Crippen LogP contribution in [0.25, 0.3) is 0 Å². The van der Waals surface area contributed by atoms with E-state index in [2.05, 4.69) is 10.2 Å². The molecular formula is C18H28N4O4S. The molecule has 1 aromatic rings. The zero-order valence-corrected chi connectivity index (χ0v) is 17.0. The van der Waals surface area contributed by atoms with Gasteiger partial charge in [-0.3, -0.25) is 4.79 Å². The molecule has 150 valence electrons. The van der Waals surface area contributed by atoms with Crippen molar-refractivity contribution in [3.8, 4) is 0 Å². The molecule has 3 rings (SSSR count). The first-order valence-corrected chi connectivity index (χ1v) is 10.6. The molecule has 1 N–H and O–H groups in total. The van der Waals surface area contributed by atoms with Gasteiger partial charge in [0.2, 0.25) is 10.0 Å². The molecule has 2 fully saturated rings. The van der Waals surface area contributed by atoms with Gasteiger partial charge in [-0.1, -0.05) is 0 Å². The number of sulfonamides is 1. The van der Waals surface area contributed by atoms with Crippen molar-refractivity contribution in [2.45, 2.75) is 17.4 Å². The minimum Gasteiger partial charge on any atom is -0.378 e. The van der Waals surface area contributed by atoms with Crippen LogP contribution in [-0.4, -0.2) is 90.1 Å². The molecule has 0 spiro atoms. The molecule has 1 aromatic carbocycles. The fraction of sp³-hybridized carbons (Fsp3) is 0.611. The van der Waals surface area contributed by atoms with Crippen LogP contribution in [0.1, 0.15) is 16.8 Å². The summed E-state index contributed by atoms with van der Waals surface area (Å²) in [6.07, 6.45) is 0.894. The van der Waals surface area contributed by atoms with Crippen molar-refractivity contribution >= 4 is 21.6 Å². The number of amides is 1. The van der Waals surface area contributed by atoms with E-state index in [1.54, 1.807) is 24.1 Å². The van der Waals surface area contributed by atoms with Crippen LogP contribution in [0.3, 0.4) is 0 Å². The summed E-state index contributed by atoms with van der Waals surface area (Å²) >= 11 is 0. The topological polar surface area (TPSA) is 82.2 Å². The van der Waals surface area contributed by atoms with Crippen molar-refractivity contribution in [2.24, 2.45) is 0 Å². The molecule has 0 saturated carbocycles. The van der Waals surface area contributed by atoms with Gasteiger partial charge in [0.05, 0.1) is 23.7 Å². The van der Waals surface area contributed by atoms with E-state index in [1.807, 2.05) is 0 Å². The molecule has 0 aromatic heterocycles. The number of ether oxygens (including phenoxy) is 1. The summed E-state index contributed by atoms with van der Waals surface area (Å²) in [6.45, 7) is 4.17. The number of nitrogens with zero attached hydrogens (tertiary/aromatic N) is 3. The number of anilines is 1. The van der Waals surface area contributed by atoms with Gasteiger partial charge in [-0.2, -0.15) is 0 Å². The second kappa shape index (κ2) is 8.14. The summed E-state index contributed by atoms with van der Waals surface area (Å²) in [4.78, 5) is 17.2. The zero-order chi connectivity index (χ0) is 19.6. The summed E-state index contributed by atoms with van der Waals surface area (Å²) in [5.74, 6) is -0.152. The third-order valence-corrected chi connectivity index (χ3v) is 7.04. The first-order valence-electron chi connectivity index (χ1n) is 9.19. The number of nitrogens with one attached hydrogen (secondary N) is 1. The third-order valence-electron chi connectivity index (χ3n) is 5.23. The van der Waals surface area contributed by atoms with Gasteiger partial charge in [-0.15, -0.1) is 0 Å². The van der Waals surface area contributed by atoms with E-state index in [0.717, 1.165) is 29.5 Å². The molecule has 1 amide bonds. The standard InChI is InChI=1S/C18H28N4O4S/c1-20(2)27(24,25)15-4-5-17(22-8-10-26-11-9-22)16(12-15)18(23)21(3)14-6-7-19-13-14/h4-5,12,14,19H,6-11,13H2,1-3H3. The van der Waals surface area contributed by atoms with E-state index in [9.17, 15) is 13.2 Å². The third kappa shape index (κ3) is 4.11. The molecule has 9 heteroatoms. The van der Waals surface area contributed by atoms with Gasteiger partial charge in [0.25, 0.3) is 5.91 Å². The van der Waals surface area contributed by atoms with Gasteiger partial charge >= 0.3 is 0 Å². The minimum absolute atomic E-state index is 0.115. The number of hydrogen-bond acceptors (Lipinski definition) is 6.